The van der Waals surface area contributed by atoms with Crippen LogP contribution in [0, 0.1) is 0 Å². The van der Waals surface area contributed by atoms with Crippen molar-refractivity contribution in [3.63, 3.8) is 0 Å². The third kappa shape index (κ3) is 4.46. The first kappa shape index (κ1) is 13.4. The van der Waals surface area contributed by atoms with E-state index < -0.39 is 16.0 Å². The van der Waals surface area contributed by atoms with Crippen LogP contribution in [0.5, 0.6) is 0 Å². The first-order valence-electron chi connectivity index (χ1n) is 5.18. The Morgan fingerprint density at radius 3 is 2.62 bits per heavy atom. The van der Waals surface area contributed by atoms with Gasteiger partial charge in [0.25, 0.3) is 0 Å². The molecule has 0 aromatic carbocycles. The van der Waals surface area contributed by atoms with E-state index >= 15 is 0 Å². The highest BCUT2D eigenvalue weighted by atomic mass is 32.2. The Kier molecular flexibility index (Phi) is 4.69. The Morgan fingerprint density at radius 1 is 1.50 bits per heavy atom. The fraction of sp³-hybridized carbons (Fsp3) is 0.889. The molecule has 1 saturated carbocycles. The summed E-state index contributed by atoms with van der Waals surface area (Å²) >= 11 is 0. The minimum Gasteiger partial charge on any atom is -0.469 e. The first-order valence-corrected chi connectivity index (χ1v) is 6.83. The van der Waals surface area contributed by atoms with E-state index in [0.29, 0.717) is 12.8 Å². The number of aliphatic hydroxyl groups is 1. The van der Waals surface area contributed by atoms with Crippen LogP contribution in [0.2, 0.25) is 0 Å². The highest BCUT2D eigenvalue weighted by molar-refractivity contribution is 7.89. The van der Waals surface area contributed by atoms with Gasteiger partial charge in [-0.05, 0) is 19.3 Å². The SMILES string of the molecule is COC(=O)CCCS(=O)(=O)NC1CC(O)C1. The molecule has 1 aliphatic carbocycles. The minimum atomic E-state index is -3.34. The summed E-state index contributed by atoms with van der Waals surface area (Å²) in [5, 5.41) is 9.00. The van der Waals surface area contributed by atoms with Gasteiger partial charge in [0.2, 0.25) is 10.0 Å². The standard InChI is InChI=1S/C9H17NO5S/c1-15-9(12)3-2-4-16(13,14)10-7-5-8(11)6-7/h7-8,10-11H,2-6H2,1H3. The summed E-state index contributed by atoms with van der Waals surface area (Å²) in [4.78, 5) is 10.8. The molecule has 0 aliphatic heterocycles. The van der Waals surface area contributed by atoms with Crippen molar-refractivity contribution in [1.82, 2.24) is 4.72 Å². The molecule has 0 unspecified atom stereocenters. The molecule has 7 heteroatoms. The first-order chi connectivity index (χ1) is 7.43. The normalized spacial score (nSPS) is 24.9. The van der Waals surface area contributed by atoms with Crippen LogP contribution in [0.3, 0.4) is 0 Å². The number of carbonyl (C=O) groups excluding carboxylic acids is 1. The van der Waals surface area contributed by atoms with E-state index in [-0.39, 0.29) is 30.7 Å². The minimum absolute atomic E-state index is 0.0886. The van der Waals surface area contributed by atoms with Gasteiger partial charge in [0, 0.05) is 12.5 Å². The number of methoxy groups -OCH3 is 1. The van der Waals surface area contributed by atoms with Crippen molar-refractivity contribution in [3.8, 4) is 0 Å². The zero-order valence-corrected chi connectivity index (χ0v) is 10.00. The van der Waals surface area contributed by atoms with Crippen molar-refractivity contribution in [3.05, 3.63) is 0 Å². The molecule has 1 fully saturated rings. The second-order valence-corrected chi connectivity index (χ2v) is 5.81. The van der Waals surface area contributed by atoms with E-state index in [1.54, 1.807) is 0 Å². The van der Waals surface area contributed by atoms with Crippen molar-refractivity contribution in [1.29, 1.82) is 0 Å². The number of aliphatic hydroxyl groups excluding tert-OH is 1. The van der Waals surface area contributed by atoms with Crippen molar-refractivity contribution >= 4 is 16.0 Å². The summed E-state index contributed by atoms with van der Waals surface area (Å²) < 4.78 is 29.8. The van der Waals surface area contributed by atoms with Gasteiger partial charge in [0.05, 0.1) is 19.0 Å². The predicted molar refractivity (Wildman–Crippen MR) is 57.2 cm³/mol. The van der Waals surface area contributed by atoms with Gasteiger partial charge in [-0.1, -0.05) is 0 Å². The molecule has 1 rings (SSSR count). The lowest BCUT2D eigenvalue weighted by Crippen LogP contribution is -2.47. The third-order valence-electron chi connectivity index (χ3n) is 2.48. The average Bonchev–Trinajstić information content (AvgIpc) is 2.14. The van der Waals surface area contributed by atoms with Crippen molar-refractivity contribution < 1.29 is 23.1 Å². The van der Waals surface area contributed by atoms with Gasteiger partial charge in [-0.25, -0.2) is 13.1 Å². The summed E-state index contributed by atoms with van der Waals surface area (Å²) in [6, 6.07) is -0.155. The molecular weight excluding hydrogens is 234 g/mol. The Labute approximate surface area is 95.0 Å². The van der Waals surface area contributed by atoms with Crippen LogP contribution >= 0.6 is 0 Å². The topological polar surface area (TPSA) is 92.7 Å². The van der Waals surface area contributed by atoms with Crippen LogP contribution in [0.4, 0.5) is 0 Å². The molecule has 2 N–H and O–H groups in total. The van der Waals surface area contributed by atoms with Crippen LogP contribution in [-0.2, 0) is 19.6 Å². The average molecular weight is 251 g/mol. The zero-order valence-electron chi connectivity index (χ0n) is 9.18. The van der Waals surface area contributed by atoms with Crippen LogP contribution in [0.25, 0.3) is 0 Å². The maximum Gasteiger partial charge on any atom is 0.305 e. The quantitative estimate of drug-likeness (QED) is 0.614. The number of carbonyl (C=O) groups is 1. The van der Waals surface area contributed by atoms with Crippen LogP contribution in [-0.4, -0.2) is 44.5 Å². The third-order valence-corrected chi connectivity index (χ3v) is 4.00. The number of esters is 1. The zero-order chi connectivity index (χ0) is 12.2. The number of hydrogen-bond donors (Lipinski definition) is 2. The van der Waals surface area contributed by atoms with Gasteiger partial charge in [-0.15, -0.1) is 0 Å². The summed E-state index contributed by atoms with van der Waals surface area (Å²) in [6.45, 7) is 0. The number of sulfonamides is 1. The van der Waals surface area contributed by atoms with E-state index in [4.69, 9.17) is 5.11 Å². The maximum atomic E-state index is 11.5. The molecule has 6 nitrogen and oxygen atoms in total. The molecule has 1 aliphatic rings. The lowest BCUT2D eigenvalue weighted by Gasteiger charge is -2.31. The largest absolute Gasteiger partial charge is 0.469 e. The van der Waals surface area contributed by atoms with E-state index in [9.17, 15) is 13.2 Å². The van der Waals surface area contributed by atoms with Gasteiger partial charge in [-0.2, -0.15) is 0 Å². The van der Waals surface area contributed by atoms with Crippen molar-refractivity contribution in [2.45, 2.75) is 37.8 Å². The van der Waals surface area contributed by atoms with Gasteiger partial charge in [0.1, 0.15) is 0 Å². The monoisotopic (exact) mass is 251 g/mol. The van der Waals surface area contributed by atoms with Crippen LogP contribution in [0.15, 0.2) is 0 Å². The van der Waals surface area contributed by atoms with E-state index in [0.717, 1.165) is 0 Å². The van der Waals surface area contributed by atoms with Crippen LogP contribution in [0.1, 0.15) is 25.7 Å². The second-order valence-electron chi connectivity index (χ2n) is 3.94. The van der Waals surface area contributed by atoms with Gasteiger partial charge < -0.3 is 9.84 Å². The molecule has 0 aromatic heterocycles. The molecule has 0 heterocycles. The molecule has 0 aromatic rings. The molecule has 0 atom stereocenters. The lowest BCUT2D eigenvalue weighted by atomic mass is 9.91. The maximum absolute atomic E-state index is 11.5. The fourth-order valence-electron chi connectivity index (χ4n) is 1.51. The highest BCUT2D eigenvalue weighted by Crippen LogP contribution is 2.20. The van der Waals surface area contributed by atoms with Gasteiger partial charge in [-0.3, -0.25) is 4.79 Å². The summed E-state index contributed by atoms with van der Waals surface area (Å²) in [5.41, 5.74) is 0. The van der Waals surface area contributed by atoms with E-state index in [2.05, 4.69) is 9.46 Å². The van der Waals surface area contributed by atoms with E-state index in [1.165, 1.54) is 7.11 Å². The number of nitrogens with one attached hydrogen (secondary N) is 1. The Hall–Kier alpha value is -0.660. The molecule has 16 heavy (non-hydrogen) atoms. The molecule has 0 amide bonds. The summed E-state index contributed by atoms with van der Waals surface area (Å²) in [7, 11) is -2.07. The number of ether oxygens (including phenoxy) is 1. The number of rotatable bonds is 6. The molecule has 0 bridgehead atoms. The molecule has 0 radical (unpaired) electrons. The second kappa shape index (κ2) is 5.60. The predicted octanol–water partition coefficient (Wildman–Crippen LogP) is -0.618. The summed E-state index contributed by atoms with van der Waals surface area (Å²) in [5.74, 6) is -0.497. The van der Waals surface area contributed by atoms with Gasteiger partial charge >= 0.3 is 5.97 Å². The molecule has 94 valence electrons. The van der Waals surface area contributed by atoms with Crippen LogP contribution < -0.4 is 4.72 Å². The molecule has 0 saturated heterocycles. The summed E-state index contributed by atoms with van der Waals surface area (Å²) in [6.07, 6.45) is 0.900. The fourth-order valence-corrected chi connectivity index (χ4v) is 2.85. The smallest absolute Gasteiger partial charge is 0.305 e. The number of hydrogen-bond acceptors (Lipinski definition) is 5. The van der Waals surface area contributed by atoms with Crippen molar-refractivity contribution in [2.75, 3.05) is 12.9 Å². The van der Waals surface area contributed by atoms with Gasteiger partial charge in [0.15, 0.2) is 0 Å². The highest BCUT2D eigenvalue weighted by Gasteiger charge is 2.30. The Morgan fingerprint density at radius 2 is 2.12 bits per heavy atom. The Bertz CT molecular complexity index is 334. The lowest BCUT2D eigenvalue weighted by molar-refractivity contribution is -0.140. The molecule has 0 spiro atoms. The van der Waals surface area contributed by atoms with Crippen molar-refractivity contribution in [2.24, 2.45) is 0 Å². The molecular formula is C9H17NO5S. The van der Waals surface area contributed by atoms with E-state index in [1.807, 2.05) is 0 Å². The Balaban J connectivity index is 2.21.